The summed E-state index contributed by atoms with van der Waals surface area (Å²) in [5.41, 5.74) is 1.31. The summed E-state index contributed by atoms with van der Waals surface area (Å²) in [6, 6.07) is 8.07. The third kappa shape index (κ3) is 2.35. The Hall–Kier alpha value is -0.570. The van der Waals surface area contributed by atoms with Crippen LogP contribution >= 0.6 is 11.6 Å². The summed E-state index contributed by atoms with van der Waals surface area (Å²) in [6.45, 7) is 3.18. The standard InChI is InChI=1S/C14H18ClNO/c15-12-4-1-10(2-5-12)7-16-8-11-3-6-14(17)13(11)9-16/h1-2,4-5,11,13-14,17H,3,6-9H2. The third-order valence-corrected chi connectivity index (χ3v) is 4.47. The van der Waals surface area contributed by atoms with Crippen LogP contribution in [0.4, 0.5) is 0 Å². The van der Waals surface area contributed by atoms with E-state index < -0.39 is 0 Å². The van der Waals surface area contributed by atoms with Crippen molar-refractivity contribution in [2.75, 3.05) is 13.1 Å². The summed E-state index contributed by atoms with van der Waals surface area (Å²) < 4.78 is 0. The molecule has 1 saturated heterocycles. The molecule has 0 bridgehead atoms. The minimum absolute atomic E-state index is 0.0600. The average molecular weight is 252 g/mol. The predicted octanol–water partition coefficient (Wildman–Crippen LogP) is 2.54. The van der Waals surface area contributed by atoms with Gasteiger partial charge in [0, 0.05) is 30.6 Å². The van der Waals surface area contributed by atoms with E-state index in [1.54, 1.807) is 0 Å². The van der Waals surface area contributed by atoms with Crippen LogP contribution in [0.15, 0.2) is 24.3 Å². The van der Waals surface area contributed by atoms with Crippen molar-refractivity contribution in [3.05, 3.63) is 34.9 Å². The maximum absolute atomic E-state index is 9.88. The van der Waals surface area contributed by atoms with Crippen molar-refractivity contribution in [1.82, 2.24) is 4.90 Å². The van der Waals surface area contributed by atoms with E-state index in [2.05, 4.69) is 17.0 Å². The second kappa shape index (κ2) is 4.60. The van der Waals surface area contributed by atoms with E-state index in [9.17, 15) is 5.11 Å². The molecular weight excluding hydrogens is 234 g/mol. The van der Waals surface area contributed by atoms with Gasteiger partial charge in [0.1, 0.15) is 0 Å². The highest BCUT2D eigenvalue weighted by Crippen LogP contribution is 2.38. The second-order valence-corrected chi connectivity index (χ2v) is 5.83. The molecule has 3 atom stereocenters. The molecule has 0 spiro atoms. The van der Waals surface area contributed by atoms with Gasteiger partial charge in [-0.1, -0.05) is 23.7 Å². The first-order chi connectivity index (χ1) is 8.22. The van der Waals surface area contributed by atoms with Crippen LogP contribution in [-0.4, -0.2) is 29.2 Å². The lowest BCUT2D eigenvalue weighted by atomic mass is 10.00. The molecule has 92 valence electrons. The fraction of sp³-hybridized carbons (Fsp3) is 0.571. The van der Waals surface area contributed by atoms with Gasteiger partial charge in [-0.15, -0.1) is 0 Å². The Morgan fingerprint density at radius 3 is 2.65 bits per heavy atom. The predicted molar refractivity (Wildman–Crippen MR) is 68.9 cm³/mol. The molecule has 2 aliphatic rings. The Bertz CT molecular complexity index is 392. The van der Waals surface area contributed by atoms with Gasteiger partial charge in [-0.05, 0) is 36.5 Å². The zero-order valence-corrected chi connectivity index (χ0v) is 10.6. The number of rotatable bonds is 2. The molecule has 1 N–H and O–H groups in total. The Labute approximate surface area is 107 Å². The van der Waals surface area contributed by atoms with Gasteiger partial charge in [0.05, 0.1) is 6.10 Å². The highest BCUT2D eigenvalue weighted by molar-refractivity contribution is 6.30. The Balaban J connectivity index is 1.62. The van der Waals surface area contributed by atoms with Crippen LogP contribution in [0.1, 0.15) is 18.4 Å². The maximum atomic E-state index is 9.88. The number of aliphatic hydroxyl groups excluding tert-OH is 1. The largest absolute Gasteiger partial charge is 0.393 e. The number of likely N-dealkylation sites (tertiary alicyclic amines) is 1. The van der Waals surface area contributed by atoms with Gasteiger partial charge in [0.2, 0.25) is 0 Å². The normalized spacial score (nSPS) is 32.9. The summed E-state index contributed by atoms with van der Waals surface area (Å²) in [6.07, 6.45) is 2.14. The number of nitrogens with zero attached hydrogens (tertiary/aromatic N) is 1. The van der Waals surface area contributed by atoms with Crippen LogP contribution < -0.4 is 0 Å². The molecule has 0 radical (unpaired) electrons. The molecule has 1 saturated carbocycles. The van der Waals surface area contributed by atoms with Crippen LogP contribution in [0.2, 0.25) is 5.02 Å². The fourth-order valence-electron chi connectivity index (χ4n) is 3.31. The topological polar surface area (TPSA) is 23.5 Å². The van der Waals surface area contributed by atoms with Crippen molar-refractivity contribution in [1.29, 1.82) is 0 Å². The van der Waals surface area contributed by atoms with E-state index >= 15 is 0 Å². The lowest BCUT2D eigenvalue weighted by Crippen LogP contribution is -2.24. The zero-order valence-electron chi connectivity index (χ0n) is 9.85. The maximum Gasteiger partial charge on any atom is 0.0583 e. The molecule has 3 heteroatoms. The van der Waals surface area contributed by atoms with Crippen LogP contribution in [0.25, 0.3) is 0 Å². The Kier molecular flexibility index (Phi) is 3.12. The monoisotopic (exact) mass is 251 g/mol. The van der Waals surface area contributed by atoms with Gasteiger partial charge < -0.3 is 5.11 Å². The number of aliphatic hydroxyl groups is 1. The van der Waals surface area contributed by atoms with Crippen LogP contribution in [0, 0.1) is 11.8 Å². The molecule has 1 aliphatic carbocycles. The molecule has 2 fully saturated rings. The number of hydrogen-bond donors (Lipinski definition) is 1. The van der Waals surface area contributed by atoms with E-state index in [4.69, 9.17) is 11.6 Å². The molecule has 0 amide bonds. The fourth-order valence-corrected chi connectivity index (χ4v) is 3.43. The Morgan fingerprint density at radius 1 is 1.18 bits per heavy atom. The quantitative estimate of drug-likeness (QED) is 0.873. The molecule has 1 aromatic rings. The van der Waals surface area contributed by atoms with Gasteiger partial charge in [-0.25, -0.2) is 0 Å². The Morgan fingerprint density at radius 2 is 1.94 bits per heavy atom. The first-order valence-electron chi connectivity index (χ1n) is 6.37. The smallest absolute Gasteiger partial charge is 0.0583 e. The van der Waals surface area contributed by atoms with Crippen molar-refractivity contribution in [2.24, 2.45) is 11.8 Å². The summed E-state index contributed by atoms with van der Waals surface area (Å²) in [7, 11) is 0. The molecule has 17 heavy (non-hydrogen) atoms. The van der Waals surface area contributed by atoms with E-state index in [0.717, 1.165) is 37.0 Å². The molecule has 3 rings (SSSR count). The summed E-state index contributed by atoms with van der Waals surface area (Å²) >= 11 is 5.88. The van der Waals surface area contributed by atoms with Crippen LogP contribution in [0.5, 0.6) is 0 Å². The van der Waals surface area contributed by atoms with Gasteiger partial charge in [0.25, 0.3) is 0 Å². The van der Waals surface area contributed by atoms with Crippen molar-refractivity contribution in [2.45, 2.75) is 25.5 Å². The molecule has 1 aliphatic heterocycles. The van der Waals surface area contributed by atoms with E-state index in [0.29, 0.717) is 5.92 Å². The molecule has 1 aromatic carbocycles. The molecule has 1 heterocycles. The molecule has 2 nitrogen and oxygen atoms in total. The van der Waals surface area contributed by atoms with E-state index in [1.807, 2.05) is 12.1 Å². The highest BCUT2D eigenvalue weighted by atomic mass is 35.5. The van der Waals surface area contributed by atoms with Crippen molar-refractivity contribution in [3.8, 4) is 0 Å². The number of halogens is 1. The van der Waals surface area contributed by atoms with E-state index in [1.165, 1.54) is 12.0 Å². The van der Waals surface area contributed by atoms with Crippen molar-refractivity contribution >= 4 is 11.6 Å². The van der Waals surface area contributed by atoms with Crippen LogP contribution in [0.3, 0.4) is 0 Å². The highest BCUT2D eigenvalue weighted by Gasteiger charge is 2.41. The second-order valence-electron chi connectivity index (χ2n) is 5.39. The van der Waals surface area contributed by atoms with Gasteiger partial charge in [-0.3, -0.25) is 4.90 Å². The summed E-state index contributed by atoms with van der Waals surface area (Å²) in [5.74, 6) is 1.24. The SMILES string of the molecule is OC1CCC2CN(Cc3ccc(Cl)cc3)CC12. The van der Waals surface area contributed by atoms with E-state index in [-0.39, 0.29) is 6.10 Å². The number of hydrogen-bond acceptors (Lipinski definition) is 2. The number of benzene rings is 1. The number of fused-ring (bicyclic) bond motifs is 1. The lowest BCUT2D eigenvalue weighted by molar-refractivity contribution is 0.123. The van der Waals surface area contributed by atoms with Gasteiger partial charge in [-0.2, -0.15) is 0 Å². The molecule has 3 unspecified atom stereocenters. The lowest BCUT2D eigenvalue weighted by Gasteiger charge is -2.18. The molecular formula is C14H18ClNO. The van der Waals surface area contributed by atoms with Crippen molar-refractivity contribution < 1.29 is 5.11 Å². The summed E-state index contributed by atoms with van der Waals surface area (Å²) in [4.78, 5) is 2.46. The summed E-state index contributed by atoms with van der Waals surface area (Å²) in [5, 5.41) is 10.7. The zero-order chi connectivity index (χ0) is 11.8. The molecule has 0 aromatic heterocycles. The average Bonchev–Trinajstić information content (AvgIpc) is 2.85. The van der Waals surface area contributed by atoms with Gasteiger partial charge in [0.15, 0.2) is 0 Å². The first kappa shape index (κ1) is 11.5. The van der Waals surface area contributed by atoms with Crippen molar-refractivity contribution in [3.63, 3.8) is 0 Å². The van der Waals surface area contributed by atoms with Crippen LogP contribution in [-0.2, 0) is 6.54 Å². The third-order valence-electron chi connectivity index (χ3n) is 4.21. The first-order valence-corrected chi connectivity index (χ1v) is 6.75. The minimum atomic E-state index is -0.0600. The van der Waals surface area contributed by atoms with Gasteiger partial charge >= 0.3 is 0 Å². The minimum Gasteiger partial charge on any atom is -0.393 e.